The number of carbonyl (C=O) groups is 2. The van der Waals surface area contributed by atoms with Gasteiger partial charge in [0, 0.05) is 25.2 Å². The van der Waals surface area contributed by atoms with Crippen LogP contribution in [0.15, 0.2) is 42.5 Å². The van der Waals surface area contributed by atoms with Gasteiger partial charge in [-0.3, -0.25) is 9.59 Å². The second kappa shape index (κ2) is 8.31. The van der Waals surface area contributed by atoms with Crippen molar-refractivity contribution in [2.24, 2.45) is 0 Å². The highest BCUT2D eigenvalue weighted by Gasteiger charge is 2.07. The fourth-order valence-corrected chi connectivity index (χ4v) is 2.10. The minimum atomic E-state index is -0.551. The molecule has 0 unspecified atom stereocenters. The van der Waals surface area contributed by atoms with E-state index in [2.05, 4.69) is 10.6 Å². The van der Waals surface area contributed by atoms with Gasteiger partial charge in [0.15, 0.2) is 6.61 Å². The van der Waals surface area contributed by atoms with E-state index >= 15 is 0 Å². The van der Waals surface area contributed by atoms with Crippen molar-refractivity contribution >= 4 is 23.4 Å². The molecule has 2 N–H and O–H groups in total. The second-order valence-electron chi connectivity index (χ2n) is 4.92. The van der Waals surface area contributed by atoms with Crippen LogP contribution in [-0.4, -0.2) is 25.5 Å². The number of ether oxygens (including phenoxy) is 1. The maximum atomic E-state index is 13.0. The van der Waals surface area contributed by atoms with Crippen molar-refractivity contribution in [2.45, 2.75) is 6.54 Å². The SMILES string of the molecule is CNC(=O)c1cccc(CNC(=O)COc2ccc(F)c(Cl)c2)c1. The molecule has 0 aliphatic carbocycles. The van der Waals surface area contributed by atoms with E-state index in [-0.39, 0.29) is 30.0 Å². The van der Waals surface area contributed by atoms with Gasteiger partial charge in [0.25, 0.3) is 11.8 Å². The lowest BCUT2D eigenvalue weighted by Gasteiger charge is -2.09. The number of rotatable bonds is 6. The Labute approximate surface area is 143 Å². The molecular formula is C17H16ClFN2O3. The van der Waals surface area contributed by atoms with Gasteiger partial charge in [-0.2, -0.15) is 0 Å². The molecule has 2 aromatic carbocycles. The Hall–Kier alpha value is -2.60. The Morgan fingerprint density at radius 3 is 2.71 bits per heavy atom. The molecule has 0 radical (unpaired) electrons. The summed E-state index contributed by atoms with van der Waals surface area (Å²) in [6.07, 6.45) is 0. The van der Waals surface area contributed by atoms with Gasteiger partial charge in [-0.05, 0) is 29.8 Å². The number of carbonyl (C=O) groups excluding carboxylic acids is 2. The molecule has 7 heteroatoms. The molecule has 0 aliphatic heterocycles. The van der Waals surface area contributed by atoms with Crippen LogP contribution in [0.25, 0.3) is 0 Å². The predicted molar refractivity (Wildman–Crippen MR) is 88.6 cm³/mol. The number of benzene rings is 2. The third-order valence-corrected chi connectivity index (χ3v) is 3.46. The Bertz CT molecular complexity index is 752. The van der Waals surface area contributed by atoms with Crippen LogP contribution in [0.5, 0.6) is 5.75 Å². The van der Waals surface area contributed by atoms with Crippen molar-refractivity contribution in [3.05, 3.63) is 64.4 Å². The van der Waals surface area contributed by atoms with Gasteiger partial charge in [-0.1, -0.05) is 23.7 Å². The van der Waals surface area contributed by atoms with E-state index in [4.69, 9.17) is 16.3 Å². The number of nitrogens with one attached hydrogen (secondary N) is 2. The highest BCUT2D eigenvalue weighted by Crippen LogP contribution is 2.20. The lowest BCUT2D eigenvalue weighted by atomic mass is 10.1. The van der Waals surface area contributed by atoms with Gasteiger partial charge in [0.1, 0.15) is 11.6 Å². The first-order valence-electron chi connectivity index (χ1n) is 7.15. The molecule has 126 valence electrons. The fraction of sp³-hybridized carbons (Fsp3) is 0.176. The van der Waals surface area contributed by atoms with E-state index in [1.807, 2.05) is 0 Å². The van der Waals surface area contributed by atoms with Crippen molar-refractivity contribution in [1.29, 1.82) is 0 Å². The van der Waals surface area contributed by atoms with Crippen molar-refractivity contribution in [2.75, 3.05) is 13.7 Å². The molecule has 0 spiro atoms. The first-order chi connectivity index (χ1) is 11.5. The summed E-state index contributed by atoms with van der Waals surface area (Å²) in [5.74, 6) is -0.789. The summed E-state index contributed by atoms with van der Waals surface area (Å²) in [5.41, 5.74) is 1.30. The van der Waals surface area contributed by atoms with Crippen molar-refractivity contribution in [1.82, 2.24) is 10.6 Å². The summed E-state index contributed by atoms with van der Waals surface area (Å²) in [4.78, 5) is 23.4. The van der Waals surface area contributed by atoms with E-state index < -0.39 is 5.82 Å². The summed E-state index contributed by atoms with van der Waals surface area (Å²) >= 11 is 5.63. The average Bonchev–Trinajstić information content (AvgIpc) is 2.60. The minimum Gasteiger partial charge on any atom is -0.484 e. The molecule has 2 amide bonds. The first-order valence-corrected chi connectivity index (χ1v) is 7.53. The standard InChI is InChI=1S/C17H16ClFN2O3/c1-20-17(23)12-4-2-3-11(7-12)9-21-16(22)10-24-13-5-6-15(19)14(18)8-13/h2-8H,9-10H2,1H3,(H,20,23)(H,21,22). The van der Waals surface area contributed by atoms with E-state index in [0.29, 0.717) is 11.3 Å². The predicted octanol–water partition coefficient (Wildman–Crippen LogP) is 2.53. The van der Waals surface area contributed by atoms with Crippen LogP contribution in [0, 0.1) is 5.82 Å². The number of hydrogen-bond acceptors (Lipinski definition) is 3. The minimum absolute atomic E-state index is 0.0704. The van der Waals surface area contributed by atoms with E-state index in [9.17, 15) is 14.0 Å². The molecule has 0 atom stereocenters. The fourth-order valence-electron chi connectivity index (χ4n) is 1.93. The van der Waals surface area contributed by atoms with Crippen LogP contribution in [0.1, 0.15) is 15.9 Å². The summed E-state index contributed by atoms with van der Waals surface area (Å²) in [5, 5.41) is 5.14. The molecule has 2 rings (SSSR count). The summed E-state index contributed by atoms with van der Waals surface area (Å²) < 4.78 is 18.3. The van der Waals surface area contributed by atoms with E-state index in [1.165, 1.54) is 18.2 Å². The molecule has 24 heavy (non-hydrogen) atoms. The van der Waals surface area contributed by atoms with E-state index in [0.717, 1.165) is 5.56 Å². The Morgan fingerprint density at radius 1 is 1.21 bits per heavy atom. The van der Waals surface area contributed by atoms with E-state index in [1.54, 1.807) is 31.3 Å². The molecule has 2 aromatic rings. The monoisotopic (exact) mass is 350 g/mol. The summed E-state index contributed by atoms with van der Waals surface area (Å²) in [7, 11) is 1.55. The molecule has 0 aliphatic rings. The first kappa shape index (κ1) is 17.7. The third-order valence-electron chi connectivity index (χ3n) is 3.17. The van der Waals surface area contributed by atoms with Gasteiger partial charge >= 0.3 is 0 Å². The van der Waals surface area contributed by atoms with Crippen LogP contribution < -0.4 is 15.4 Å². The second-order valence-corrected chi connectivity index (χ2v) is 5.33. The third kappa shape index (κ3) is 4.96. The van der Waals surface area contributed by atoms with Crippen LogP contribution in [-0.2, 0) is 11.3 Å². The van der Waals surface area contributed by atoms with Gasteiger partial charge in [-0.15, -0.1) is 0 Å². The molecule has 0 saturated heterocycles. The van der Waals surface area contributed by atoms with Gasteiger partial charge in [0.2, 0.25) is 0 Å². The quantitative estimate of drug-likeness (QED) is 0.841. The van der Waals surface area contributed by atoms with Gasteiger partial charge < -0.3 is 15.4 Å². The van der Waals surface area contributed by atoms with Crippen molar-refractivity contribution in [3.8, 4) is 5.75 Å². The number of hydrogen-bond donors (Lipinski definition) is 2. The molecule has 0 aromatic heterocycles. The van der Waals surface area contributed by atoms with Gasteiger partial charge in [0.05, 0.1) is 5.02 Å². The molecular weight excluding hydrogens is 335 g/mol. The molecule has 0 saturated carbocycles. The number of amides is 2. The Balaban J connectivity index is 1.84. The summed E-state index contributed by atoms with van der Waals surface area (Å²) in [6, 6.07) is 10.8. The highest BCUT2D eigenvalue weighted by molar-refractivity contribution is 6.30. The van der Waals surface area contributed by atoms with Crippen molar-refractivity contribution < 1.29 is 18.7 Å². The average molecular weight is 351 g/mol. The lowest BCUT2D eigenvalue weighted by molar-refractivity contribution is -0.123. The zero-order valence-corrected chi connectivity index (χ0v) is 13.7. The zero-order valence-electron chi connectivity index (χ0n) is 12.9. The van der Waals surface area contributed by atoms with Crippen LogP contribution in [0.3, 0.4) is 0 Å². The number of halogens is 2. The topological polar surface area (TPSA) is 67.4 Å². The smallest absolute Gasteiger partial charge is 0.258 e. The molecule has 5 nitrogen and oxygen atoms in total. The van der Waals surface area contributed by atoms with Crippen LogP contribution in [0.4, 0.5) is 4.39 Å². The molecule has 0 fully saturated rings. The maximum Gasteiger partial charge on any atom is 0.258 e. The van der Waals surface area contributed by atoms with Crippen molar-refractivity contribution in [3.63, 3.8) is 0 Å². The normalized spacial score (nSPS) is 10.1. The van der Waals surface area contributed by atoms with Crippen LogP contribution >= 0.6 is 11.6 Å². The lowest BCUT2D eigenvalue weighted by Crippen LogP contribution is -2.28. The van der Waals surface area contributed by atoms with Gasteiger partial charge in [-0.25, -0.2) is 4.39 Å². The zero-order chi connectivity index (χ0) is 17.5. The Kier molecular flexibility index (Phi) is 6.14. The largest absolute Gasteiger partial charge is 0.484 e. The Morgan fingerprint density at radius 2 is 2.00 bits per heavy atom. The molecule has 0 heterocycles. The highest BCUT2D eigenvalue weighted by atomic mass is 35.5. The maximum absolute atomic E-state index is 13.0. The summed E-state index contributed by atoms with van der Waals surface area (Å²) in [6.45, 7) is 0.0360. The van der Waals surface area contributed by atoms with Crippen LogP contribution in [0.2, 0.25) is 5.02 Å². The molecule has 0 bridgehead atoms.